The Labute approximate surface area is 265 Å². The predicted molar refractivity (Wildman–Crippen MR) is 187 cm³/mol. The van der Waals surface area contributed by atoms with Crippen LogP contribution in [0.2, 0.25) is 0 Å². The van der Waals surface area contributed by atoms with Crippen LogP contribution in [-0.4, -0.2) is 9.55 Å². The van der Waals surface area contributed by atoms with Crippen molar-refractivity contribution in [1.82, 2.24) is 9.55 Å². The summed E-state index contributed by atoms with van der Waals surface area (Å²) in [4.78, 5) is 4.26. The molecule has 45 heavy (non-hydrogen) atoms. The summed E-state index contributed by atoms with van der Waals surface area (Å²) in [6.07, 6.45) is 6.36. The van der Waals surface area contributed by atoms with Crippen molar-refractivity contribution in [2.24, 2.45) is 0 Å². The van der Waals surface area contributed by atoms with E-state index in [1.54, 1.807) is 0 Å². The van der Waals surface area contributed by atoms with Gasteiger partial charge in [0.15, 0.2) is 0 Å². The standard InChI is InChI=1S/C41H36N4/c1-25-6-10-29(5)32(18-25)34-19-26(2)7-11-37(34)44-38-22-31(24-42)33(30-14-16-43-17-15-30)23-41(38)45-39-12-8-27(3)20-35(39)36-21-28(4)9-13-40(36)45/h6-22,33,44H,23H2,1-5H3. The maximum atomic E-state index is 10.5. The molecule has 0 radical (unpaired) electrons. The third kappa shape index (κ3) is 5.11. The number of nitriles is 1. The summed E-state index contributed by atoms with van der Waals surface area (Å²) >= 11 is 0. The Morgan fingerprint density at radius 3 is 1.93 bits per heavy atom. The molecule has 0 fully saturated rings. The van der Waals surface area contributed by atoms with Crippen molar-refractivity contribution in [3.05, 3.63) is 148 Å². The summed E-state index contributed by atoms with van der Waals surface area (Å²) in [5.74, 6) is -0.0848. The van der Waals surface area contributed by atoms with Crippen LogP contribution in [0, 0.1) is 45.9 Å². The summed E-state index contributed by atoms with van der Waals surface area (Å²) in [7, 11) is 0. The highest BCUT2D eigenvalue weighted by Gasteiger charge is 2.28. The lowest BCUT2D eigenvalue weighted by Gasteiger charge is -2.28. The van der Waals surface area contributed by atoms with E-state index in [4.69, 9.17) is 0 Å². The summed E-state index contributed by atoms with van der Waals surface area (Å²) in [5, 5.41) is 16.8. The van der Waals surface area contributed by atoms with Crippen LogP contribution in [0.5, 0.6) is 0 Å². The lowest BCUT2D eigenvalue weighted by atomic mass is 9.83. The minimum absolute atomic E-state index is 0.0848. The van der Waals surface area contributed by atoms with Gasteiger partial charge in [-0.15, -0.1) is 0 Å². The van der Waals surface area contributed by atoms with Gasteiger partial charge in [-0.25, -0.2) is 0 Å². The zero-order valence-electron chi connectivity index (χ0n) is 26.4. The molecule has 4 aromatic carbocycles. The minimum Gasteiger partial charge on any atom is -0.354 e. The molecule has 0 bridgehead atoms. The predicted octanol–water partition coefficient (Wildman–Crippen LogP) is 10.3. The average molecular weight is 585 g/mol. The fourth-order valence-corrected chi connectivity index (χ4v) is 6.78. The van der Waals surface area contributed by atoms with Crippen molar-refractivity contribution in [2.75, 3.05) is 5.32 Å². The molecule has 0 spiro atoms. The number of anilines is 1. The van der Waals surface area contributed by atoms with Crippen LogP contribution in [0.3, 0.4) is 0 Å². The molecule has 1 aliphatic carbocycles. The lowest BCUT2D eigenvalue weighted by Crippen LogP contribution is -2.17. The molecular weight excluding hydrogens is 548 g/mol. The molecule has 0 amide bonds. The molecular formula is C41H36N4. The largest absolute Gasteiger partial charge is 0.354 e. The molecule has 4 nitrogen and oxygen atoms in total. The number of benzene rings is 4. The van der Waals surface area contributed by atoms with Crippen LogP contribution in [0.15, 0.2) is 115 Å². The molecule has 1 N–H and O–H groups in total. The summed E-state index contributed by atoms with van der Waals surface area (Å²) in [6.45, 7) is 10.7. The Kier molecular flexibility index (Phi) is 7.10. The molecule has 2 aromatic heterocycles. The number of allylic oxidation sites excluding steroid dienone is 3. The summed E-state index contributed by atoms with van der Waals surface area (Å²) in [5.41, 5.74) is 15.7. The smallest absolute Gasteiger partial charge is 0.0954 e. The number of nitrogens with zero attached hydrogens (tertiary/aromatic N) is 3. The minimum atomic E-state index is -0.0848. The number of rotatable bonds is 5. The van der Waals surface area contributed by atoms with Crippen molar-refractivity contribution in [3.8, 4) is 17.2 Å². The number of hydrogen-bond acceptors (Lipinski definition) is 3. The lowest BCUT2D eigenvalue weighted by molar-refractivity contribution is 0.798. The third-order valence-corrected chi connectivity index (χ3v) is 9.09. The van der Waals surface area contributed by atoms with Crippen LogP contribution in [0.1, 0.15) is 45.7 Å². The highest BCUT2D eigenvalue weighted by molar-refractivity contribution is 6.11. The van der Waals surface area contributed by atoms with Gasteiger partial charge in [0.25, 0.3) is 0 Å². The maximum absolute atomic E-state index is 10.5. The molecule has 7 rings (SSSR count). The molecule has 0 saturated carbocycles. The van der Waals surface area contributed by atoms with E-state index < -0.39 is 0 Å². The van der Waals surface area contributed by atoms with Crippen molar-refractivity contribution < 1.29 is 0 Å². The van der Waals surface area contributed by atoms with Crippen LogP contribution >= 0.6 is 0 Å². The number of hydrogen-bond donors (Lipinski definition) is 1. The molecule has 1 unspecified atom stereocenters. The fourth-order valence-electron chi connectivity index (χ4n) is 6.78. The van der Waals surface area contributed by atoms with E-state index in [0.29, 0.717) is 6.42 Å². The second kappa shape index (κ2) is 11.3. The number of aryl methyl sites for hydroxylation is 5. The quantitative estimate of drug-likeness (QED) is 0.219. The maximum Gasteiger partial charge on any atom is 0.0954 e. The molecule has 2 heterocycles. The van der Waals surface area contributed by atoms with E-state index in [2.05, 4.69) is 134 Å². The highest BCUT2D eigenvalue weighted by Crippen LogP contribution is 2.44. The molecule has 220 valence electrons. The Hall–Kier alpha value is -5.40. The van der Waals surface area contributed by atoms with Gasteiger partial charge in [-0.2, -0.15) is 5.26 Å². The number of pyridine rings is 1. The summed E-state index contributed by atoms with van der Waals surface area (Å²) in [6, 6.07) is 33.3. The van der Waals surface area contributed by atoms with Gasteiger partial charge in [-0.3, -0.25) is 4.98 Å². The monoisotopic (exact) mass is 584 g/mol. The zero-order chi connectivity index (χ0) is 31.2. The number of aromatic nitrogens is 2. The van der Waals surface area contributed by atoms with Gasteiger partial charge in [0.1, 0.15) is 0 Å². The van der Waals surface area contributed by atoms with E-state index in [9.17, 15) is 5.26 Å². The van der Waals surface area contributed by atoms with E-state index in [1.165, 1.54) is 44.2 Å². The van der Waals surface area contributed by atoms with Crippen LogP contribution in [-0.2, 0) is 0 Å². The van der Waals surface area contributed by atoms with Gasteiger partial charge < -0.3 is 9.88 Å². The number of nitrogens with one attached hydrogen (secondary N) is 1. The molecule has 1 aliphatic rings. The topological polar surface area (TPSA) is 53.6 Å². The SMILES string of the molecule is Cc1ccc(C)c(-c2cc(C)ccc2NC2=C(n3c4ccc(C)cc4c4cc(C)ccc43)CC(c3ccncc3)C(C#N)=C2)c1. The van der Waals surface area contributed by atoms with Crippen LogP contribution in [0.25, 0.3) is 38.6 Å². The first-order chi connectivity index (χ1) is 21.8. The second-order valence-corrected chi connectivity index (χ2v) is 12.5. The molecule has 1 atom stereocenters. The van der Waals surface area contributed by atoms with Crippen LogP contribution < -0.4 is 5.32 Å². The van der Waals surface area contributed by atoms with Gasteiger partial charge >= 0.3 is 0 Å². The molecule has 6 aromatic rings. The zero-order valence-corrected chi connectivity index (χ0v) is 26.4. The first-order valence-electron chi connectivity index (χ1n) is 15.5. The Morgan fingerprint density at radius 2 is 1.29 bits per heavy atom. The van der Waals surface area contributed by atoms with Gasteiger partial charge in [-0.05, 0) is 106 Å². The van der Waals surface area contributed by atoms with E-state index in [-0.39, 0.29) is 5.92 Å². The molecule has 0 saturated heterocycles. The first-order valence-corrected chi connectivity index (χ1v) is 15.5. The average Bonchev–Trinajstić information content (AvgIpc) is 3.35. The van der Waals surface area contributed by atoms with Gasteiger partial charge in [0.05, 0.1) is 22.8 Å². The Balaban J connectivity index is 1.51. The van der Waals surface area contributed by atoms with Crippen molar-refractivity contribution in [3.63, 3.8) is 0 Å². The highest BCUT2D eigenvalue weighted by atomic mass is 15.0. The normalized spacial score (nSPS) is 14.9. The number of fused-ring (bicyclic) bond motifs is 3. The Bertz CT molecular complexity index is 2160. The molecule has 0 aliphatic heterocycles. The van der Waals surface area contributed by atoms with Crippen LogP contribution in [0.4, 0.5) is 5.69 Å². The third-order valence-electron chi connectivity index (χ3n) is 9.09. The van der Waals surface area contributed by atoms with Gasteiger partial charge in [0, 0.05) is 58.0 Å². The second-order valence-electron chi connectivity index (χ2n) is 12.5. The van der Waals surface area contributed by atoms with E-state index in [0.717, 1.165) is 44.8 Å². The molecule has 4 heteroatoms. The Morgan fingerprint density at radius 1 is 0.711 bits per heavy atom. The van der Waals surface area contributed by atoms with E-state index >= 15 is 0 Å². The fraction of sp³-hybridized carbons (Fsp3) is 0.171. The van der Waals surface area contributed by atoms with Crippen molar-refractivity contribution in [1.29, 1.82) is 5.26 Å². The van der Waals surface area contributed by atoms with Gasteiger partial charge in [0.2, 0.25) is 0 Å². The van der Waals surface area contributed by atoms with Crippen molar-refractivity contribution in [2.45, 2.75) is 47.0 Å². The van der Waals surface area contributed by atoms with Gasteiger partial charge in [-0.1, -0.05) is 58.7 Å². The van der Waals surface area contributed by atoms with E-state index in [1.807, 2.05) is 24.5 Å². The summed E-state index contributed by atoms with van der Waals surface area (Å²) < 4.78 is 2.41. The van der Waals surface area contributed by atoms with Crippen molar-refractivity contribution >= 4 is 33.2 Å². The first kappa shape index (κ1) is 28.4.